The monoisotopic (exact) mass is 360 g/mol. The van der Waals surface area contributed by atoms with Gasteiger partial charge in [0, 0.05) is 0 Å². The Bertz CT molecular complexity index is 835. The Hall–Kier alpha value is -1.86. The molecule has 136 valence electrons. The molecule has 3 rings (SSSR count). The average molecular weight is 361 g/mol. The van der Waals surface area contributed by atoms with Crippen molar-refractivity contribution < 1.29 is 0 Å². The van der Waals surface area contributed by atoms with Crippen LogP contribution in [0.15, 0.2) is 66.7 Å². The quantitative estimate of drug-likeness (QED) is 0.382. The first-order valence-corrected chi connectivity index (χ1v) is 12.9. The molecule has 0 bridgehead atoms. The van der Waals surface area contributed by atoms with Crippen LogP contribution in [0.25, 0.3) is 10.8 Å². The standard InChI is InChI=1S/C25H32Si/c1-5-26(6-2,7-3)25(23-15-12-20(4)13-16-23)19-21-14-17-22-10-8-9-11-24(22)18-21/h8-18,25H,5-7,19H2,1-4H3. The van der Waals surface area contributed by atoms with Gasteiger partial charge in [-0.3, -0.25) is 0 Å². The van der Waals surface area contributed by atoms with Crippen LogP contribution in [0.4, 0.5) is 0 Å². The molecule has 3 aromatic carbocycles. The highest BCUT2D eigenvalue weighted by molar-refractivity contribution is 6.81. The average Bonchev–Trinajstić information content (AvgIpc) is 2.69. The highest BCUT2D eigenvalue weighted by Crippen LogP contribution is 2.39. The third-order valence-corrected chi connectivity index (χ3v) is 12.8. The molecular weight excluding hydrogens is 328 g/mol. The minimum atomic E-state index is -1.36. The van der Waals surface area contributed by atoms with Crippen LogP contribution in [0.1, 0.15) is 43.0 Å². The van der Waals surface area contributed by atoms with Crippen LogP contribution in [0.5, 0.6) is 0 Å². The topological polar surface area (TPSA) is 0 Å². The van der Waals surface area contributed by atoms with Gasteiger partial charge in [0.1, 0.15) is 0 Å². The molecule has 0 saturated heterocycles. The normalized spacial score (nSPS) is 13.1. The van der Waals surface area contributed by atoms with E-state index in [9.17, 15) is 0 Å². The van der Waals surface area contributed by atoms with Gasteiger partial charge in [-0.15, -0.1) is 0 Å². The largest absolute Gasteiger partial charge is 0.0677 e. The van der Waals surface area contributed by atoms with Crippen LogP contribution in [-0.2, 0) is 6.42 Å². The Labute approximate surface area is 160 Å². The molecule has 0 aromatic heterocycles. The lowest BCUT2D eigenvalue weighted by atomic mass is 10.00. The van der Waals surface area contributed by atoms with Crippen LogP contribution >= 0.6 is 0 Å². The van der Waals surface area contributed by atoms with Gasteiger partial charge in [-0.25, -0.2) is 0 Å². The van der Waals surface area contributed by atoms with E-state index in [4.69, 9.17) is 0 Å². The predicted molar refractivity (Wildman–Crippen MR) is 119 cm³/mol. The molecular formula is C25H32Si. The summed E-state index contributed by atoms with van der Waals surface area (Å²) in [5.74, 6) is 0. The Morgan fingerprint density at radius 3 is 1.96 bits per heavy atom. The van der Waals surface area contributed by atoms with E-state index < -0.39 is 8.07 Å². The summed E-state index contributed by atoms with van der Waals surface area (Å²) in [6.45, 7) is 9.48. The Morgan fingerprint density at radius 2 is 1.35 bits per heavy atom. The van der Waals surface area contributed by atoms with Gasteiger partial charge in [-0.2, -0.15) is 0 Å². The van der Waals surface area contributed by atoms with E-state index >= 15 is 0 Å². The molecule has 0 spiro atoms. The zero-order valence-corrected chi connectivity index (χ0v) is 17.8. The fraction of sp³-hybridized carbons (Fsp3) is 0.360. The van der Waals surface area contributed by atoms with Gasteiger partial charge in [0.05, 0.1) is 8.07 Å². The van der Waals surface area contributed by atoms with Crippen molar-refractivity contribution in [1.82, 2.24) is 0 Å². The molecule has 26 heavy (non-hydrogen) atoms. The molecule has 1 unspecified atom stereocenters. The minimum absolute atomic E-state index is 0.698. The molecule has 0 radical (unpaired) electrons. The molecule has 3 aromatic rings. The summed E-state index contributed by atoms with van der Waals surface area (Å²) in [7, 11) is -1.36. The Morgan fingerprint density at radius 1 is 0.731 bits per heavy atom. The van der Waals surface area contributed by atoms with Crippen molar-refractivity contribution in [3.8, 4) is 0 Å². The summed E-state index contributed by atoms with van der Waals surface area (Å²) in [6.07, 6.45) is 1.18. The van der Waals surface area contributed by atoms with Gasteiger partial charge >= 0.3 is 0 Å². The number of hydrogen-bond acceptors (Lipinski definition) is 0. The smallest absolute Gasteiger partial charge is 0.0609 e. The highest BCUT2D eigenvalue weighted by Gasteiger charge is 2.37. The minimum Gasteiger partial charge on any atom is -0.0677 e. The van der Waals surface area contributed by atoms with Gasteiger partial charge in [0.25, 0.3) is 0 Å². The zero-order valence-electron chi connectivity index (χ0n) is 16.8. The van der Waals surface area contributed by atoms with E-state index in [0.29, 0.717) is 5.54 Å². The molecule has 0 aliphatic heterocycles. The lowest BCUT2D eigenvalue weighted by molar-refractivity contribution is 0.841. The van der Waals surface area contributed by atoms with E-state index in [1.54, 1.807) is 5.56 Å². The molecule has 0 aliphatic carbocycles. The van der Waals surface area contributed by atoms with Gasteiger partial charge in [-0.05, 0) is 40.8 Å². The summed E-state index contributed by atoms with van der Waals surface area (Å²) in [6, 6.07) is 29.3. The number of rotatable bonds is 7. The van der Waals surface area contributed by atoms with E-state index in [1.165, 1.54) is 46.5 Å². The number of aryl methyl sites for hydroxylation is 1. The maximum Gasteiger partial charge on any atom is 0.0609 e. The van der Waals surface area contributed by atoms with Crippen molar-refractivity contribution >= 4 is 18.8 Å². The van der Waals surface area contributed by atoms with Crippen molar-refractivity contribution in [3.63, 3.8) is 0 Å². The first-order chi connectivity index (χ1) is 12.6. The van der Waals surface area contributed by atoms with Crippen molar-refractivity contribution in [2.45, 2.75) is 57.8 Å². The van der Waals surface area contributed by atoms with Crippen molar-refractivity contribution in [2.75, 3.05) is 0 Å². The molecule has 0 N–H and O–H groups in total. The fourth-order valence-electron chi connectivity index (χ4n) is 4.58. The van der Waals surface area contributed by atoms with E-state index in [1.807, 2.05) is 0 Å². The zero-order chi connectivity index (χ0) is 18.6. The summed E-state index contributed by atoms with van der Waals surface area (Å²) in [4.78, 5) is 0. The Balaban J connectivity index is 2.02. The van der Waals surface area contributed by atoms with Crippen LogP contribution in [-0.4, -0.2) is 8.07 Å². The molecule has 0 fully saturated rings. The third-order valence-electron chi connectivity index (χ3n) is 6.58. The van der Waals surface area contributed by atoms with E-state index in [0.717, 1.165) is 0 Å². The SMILES string of the molecule is CC[Si](CC)(CC)C(Cc1ccc2ccccc2c1)c1ccc(C)cc1. The maximum absolute atomic E-state index is 2.43. The van der Waals surface area contributed by atoms with E-state index in [2.05, 4.69) is 94.4 Å². The van der Waals surface area contributed by atoms with Gasteiger partial charge < -0.3 is 0 Å². The fourth-order valence-corrected chi connectivity index (χ4v) is 9.12. The molecule has 0 heterocycles. The molecule has 1 atom stereocenters. The lowest BCUT2D eigenvalue weighted by Crippen LogP contribution is -2.41. The molecule has 1 heteroatoms. The van der Waals surface area contributed by atoms with Gasteiger partial charge in [-0.1, -0.05) is 111 Å². The Kier molecular flexibility index (Phi) is 5.98. The summed E-state index contributed by atoms with van der Waals surface area (Å²) >= 11 is 0. The van der Waals surface area contributed by atoms with Crippen molar-refractivity contribution in [3.05, 3.63) is 83.4 Å². The van der Waals surface area contributed by atoms with Gasteiger partial charge in [0.2, 0.25) is 0 Å². The number of fused-ring (bicyclic) bond motifs is 1. The first-order valence-electron chi connectivity index (χ1n) is 10.2. The van der Waals surface area contributed by atoms with E-state index in [-0.39, 0.29) is 0 Å². The number of benzene rings is 3. The molecule has 0 saturated carbocycles. The summed E-state index contributed by atoms with van der Waals surface area (Å²) in [5.41, 5.74) is 5.10. The summed E-state index contributed by atoms with van der Waals surface area (Å²) < 4.78 is 0. The predicted octanol–water partition coefficient (Wildman–Crippen LogP) is 7.52. The third kappa shape index (κ3) is 3.78. The van der Waals surface area contributed by atoms with Crippen LogP contribution in [0.2, 0.25) is 18.1 Å². The highest BCUT2D eigenvalue weighted by atomic mass is 28.3. The lowest BCUT2D eigenvalue weighted by Gasteiger charge is -2.38. The first kappa shape index (κ1) is 18.9. The van der Waals surface area contributed by atoms with Crippen LogP contribution < -0.4 is 0 Å². The van der Waals surface area contributed by atoms with Crippen LogP contribution in [0, 0.1) is 6.92 Å². The number of hydrogen-bond donors (Lipinski definition) is 0. The van der Waals surface area contributed by atoms with Gasteiger partial charge in [0.15, 0.2) is 0 Å². The van der Waals surface area contributed by atoms with Crippen LogP contribution in [0.3, 0.4) is 0 Å². The second kappa shape index (κ2) is 8.22. The second-order valence-electron chi connectivity index (χ2n) is 7.77. The maximum atomic E-state index is 2.43. The van der Waals surface area contributed by atoms with Crippen molar-refractivity contribution in [2.24, 2.45) is 0 Å². The second-order valence-corrected chi connectivity index (χ2v) is 13.3. The van der Waals surface area contributed by atoms with Crippen molar-refractivity contribution in [1.29, 1.82) is 0 Å². The molecule has 0 amide bonds. The summed E-state index contributed by atoms with van der Waals surface area (Å²) in [5, 5.41) is 2.71. The molecule has 0 aliphatic rings. The molecule has 0 nitrogen and oxygen atoms in total.